The van der Waals surface area contributed by atoms with Gasteiger partial charge in [0.05, 0.1) is 24.2 Å². The number of ether oxygens (including phenoxy) is 2. The van der Waals surface area contributed by atoms with Gasteiger partial charge in [-0.15, -0.1) is 0 Å². The molecule has 0 saturated carbocycles. The molecule has 0 spiro atoms. The molecule has 2 heterocycles. The summed E-state index contributed by atoms with van der Waals surface area (Å²) >= 11 is 0. The smallest absolute Gasteiger partial charge is 0.245 e. The van der Waals surface area contributed by atoms with Crippen molar-refractivity contribution in [3.8, 4) is 0 Å². The average Bonchev–Trinajstić information content (AvgIpc) is 3.09. The average molecular weight is 402 g/mol. The zero-order valence-electron chi connectivity index (χ0n) is 17.1. The van der Waals surface area contributed by atoms with Crippen LogP contribution in [0.3, 0.4) is 0 Å². The summed E-state index contributed by atoms with van der Waals surface area (Å²) in [6.45, 7) is 3.55. The molecule has 0 bridgehead atoms. The maximum Gasteiger partial charge on any atom is 0.245 e. The monoisotopic (exact) mass is 402 g/mol. The van der Waals surface area contributed by atoms with Gasteiger partial charge >= 0.3 is 0 Å². The minimum atomic E-state index is -0.0871. The van der Waals surface area contributed by atoms with E-state index in [0.29, 0.717) is 39.4 Å². The third kappa shape index (κ3) is 6.01. The van der Waals surface area contributed by atoms with Crippen molar-refractivity contribution in [2.75, 3.05) is 46.6 Å². The van der Waals surface area contributed by atoms with Crippen LogP contribution in [0, 0.1) is 0 Å². The van der Waals surface area contributed by atoms with Crippen molar-refractivity contribution < 1.29 is 19.1 Å². The fourth-order valence-corrected chi connectivity index (χ4v) is 3.54. The molecule has 1 saturated heterocycles. The van der Waals surface area contributed by atoms with E-state index >= 15 is 0 Å². The third-order valence-electron chi connectivity index (χ3n) is 5.07. The lowest BCUT2D eigenvalue weighted by atomic mass is 10.2. The first kappa shape index (κ1) is 21.3. The summed E-state index contributed by atoms with van der Waals surface area (Å²) in [5.74, 6) is 0.964. The van der Waals surface area contributed by atoms with E-state index in [1.54, 1.807) is 0 Å². The molecule has 1 aromatic carbocycles. The predicted molar refractivity (Wildman–Crippen MR) is 110 cm³/mol. The number of carbonyl (C=O) groups is 2. The number of morpholine rings is 1. The van der Waals surface area contributed by atoms with Crippen LogP contribution in [0.2, 0.25) is 0 Å². The molecule has 0 unspecified atom stereocenters. The van der Waals surface area contributed by atoms with E-state index in [1.165, 1.54) is 7.11 Å². The van der Waals surface area contributed by atoms with Crippen LogP contribution in [0.15, 0.2) is 24.3 Å². The number of imidazole rings is 1. The van der Waals surface area contributed by atoms with Crippen LogP contribution in [-0.2, 0) is 32.0 Å². The van der Waals surface area contributed by atoms with Crippen LogP contribution in [0.25, 0.3) is 11.0 Å². The number of nitrogens with one attached hydrogen (secondary N) is 1. The largest absolute Gasteiger partial charge is 0.378 e. The standard InChI is InChI=1S/C21H30N4O4/c1-28-16-20(26)22-10-6-2-3-9-19-23-17-7-4-5-8-18(17)25(19)15-21(27)24-11-13-29-14-12-24/h4-5,7-8H,2-3,6,9-16H2,1H3,(H,22,26). The number of benzene rings is 1. The van der Waals surface area contributed by atoms with Gasteiger partial charge in [-0.3, -0.25) is 9.59 Å². The molecule has 1 aliphatic heterocycles. The van der Waals surface area contributed by atoms with Gasteiger partial charge in [-0.2, -0.15) is 0 Å². The molecule has 1 aliphatic rings. The van der Waals surface area contributed by atoms with Crippen molar-refractivity contribution in [1.29, 1.82) is 0 Å². The molecule has 0 aliphatic carbocycles. The van der Waals surface area contributed by atoms with E-state index in [0.717, 1.165) is 42.5 Å². The molecule has 0 radical (unpaired) electrons. The minimum absolute atomic E-state index is 0.0871. The number of hydrogen-bond acceptors (Lipinski definition) is 5. The second-order valence-corrected chi connectivity index (χ2v) is 7.19. The molecule has 0 atom stereocenters. The summed E-state index contributed by atoms with van der Waals surface area (Å²) in [6.07, 6.45) is 3.64. The van der Waals surface area contributed by atoms with Crippen LogP contribution in [-0.4, -0.2) is 72.8 Å². The number of fused-ring (bicyclic) bond motifs is 1. The van der Waals surface area contributed by atoms with E-state index < -0.39 is 0 Å². The number of para-hydroxylation sites is 2. The van der Waals surface area contributed by atoms with Gasteiger partial charge in [0.2, 0.25) is 11.8 Å². The first-order chi connectivity index (χ1) is 14.2. The number of unbranched alkanes of at least 4 members (excludes halogenated alkanes) is 2. The first-order valence-corrected chi connectivity index (χ1v) is 10.2. The lowest BCUT2D eigenvalue weighted by Gasteiger charge is -2.27. The third-order valence-corrected chi connectivity index (χ3v) is 5.07. The second-order valence-electron chi connectivity index (χ2n) is 7.19. The van der Waals surface area contributed by atoms with Crippen LogP contribution in [0.5, 0.6) is 0 Å². The van der Waals surface area contributed by atoms with Crippen LogP contribution >= 0.6 is 0 Å². The Balaban J connectivity index is 1.56. The summed E-state index contributed by atoms with van der Waals surface area (Å²) in [5, 5.41) is 2.83. The SMILES string of the molecule is COCC(=O)NCCCCCc1nc2ccccc2n1CC(=O)N1CCOCC1. The van der Waals surface area contributed by atoms with E-state index in [4.69, 9.17) is 14.5 Å². The second kappa shape index (κ2) is 10.9. The Kier molecular flexibility index (Phi) is 8.01. The number of rotatable bonds is 10. The lowest BCUT2D eigenvalue weighted by molar-refractivity contribution is -0.135. The Morgan fingerprint density at radius 1 is 1.17 bits per heavy atom. The van der Waals surface area contributed by atoms with E-state index in [9.17, 15) is 9.59 Å². The highest BCUT2D eigenvalue weighted by atomic mass is 16.5. The molecule has 8 nitrogen and oxygen atoms in total. The predicted octanol–water partition coefficient (Wildman–Crippen LogP) is 1.37. The number of aryl methyl sites for hydroxylation is 1. The van der Waals surface area contributed by atoms with Crippen molar-refractivity contribution in [1.82, 2.24) is 19.8 Å². The highest BCUT2D eigenvalue weighted by Gasteiger charge is 2.20. The molecule has 29 heavy (non-hydrogen) atoms. The van der Waals surface area contributed by atoms with Gasteiger partial charge in [0.1, 0.15) is 19.0 Å². The van der Waals surface area contributed by atoms with E-state index in [1.807, 2.05) is 33.7 Å². The molecular weight excluding hydrogens is 372 g/mol. The molecule has 1 fully saturated rings. The first-order valence-electron chi connectivity index (χ1n) is 10.2. The van der Waals surface area contributed by atoms with Crippen molar-refractivity contribution in [2.24, 2.45) is 0 Å². The Hall–Kier alpha value is -2.45. The molecule has 2 aromatic rings. The molecule has 3 rings (SSSR count). The van der Waals surface area contributed by atoms with Gasteiger partial charge in [-0.25, -0.2) is 4.98 Å². The zero-order valence-corrected chi connectivity index (χ0v) is 17.1. The summed E-state index contributed by atoms with van der Waals surface area (Å²) in [7, 11) is 1.51. The Bertz CT molecular complexity index is 814. The number of hydrogen-bond donors (Lipinski definition) is 1. The molecular formula is C21H30N4O4. The quantitative estimate of drug-likeness (QED) is 0.607. The Morgan fingerprint density at radius 2 is 1.97 bits per heavy atom. The molecule has 2 amide bonds. The highest BCUT2D eigenvalue weighted by Crippen LogP contribution is 2.18. The molecule has 8 heteroatoms. The fourth-order valence-electron chi connectivity index (χ4n) is 3.54. The van der Waals surface area contributed by atoms with Gasteiger partial charge in [-0.05, 0) is 25.0 Å². The van der Waals surface area contributed by atoms with Crippen LogP contribution < -0.4 is 5.32 Å². The maximum absolute atomic E-state index is 12.8. The molecule has 1 N–H and O–H groups in total. The van der Waals surface area contributed by atoms with Gasteiger partial charge in [0.25, 0.3) is 0 Å². The summed E-state index contributed by atoms with van der Waals surface area (Å²) < 4.78 is 12.2. The molecule has 1 aromatic heterocycles. The minimum Gasteiger partial charge on any atom is -0.378 e. The van der Waals surface area contributed by atoms with Crippen LogP contribution in [0.1, 0.15) is 25.1 Å². The van der Waals surface area contributed by atoms with Crippen LogP contribution in [0.4, 0.5) is 0 Å². The Labute approximate surface area is 171 Å². The topological polar surface area (TPSA) is 85.7 Å². The molecule has 158 valence electrons. The number of carbonyl (C=O) groups excluding carboxylic acids is 2. The van der Waals surface area contributed by atoms with Gasteiger partial charge in [-0.1, -0.05) is 18.6 Å². The fraction of sp³-hybridized carbons (Fsp3) is 0.571. The number of amides is 2. The number of aromatic nitrogens is 2. The summed E-state index contributed by atoms with van der Waals surface area (Å²) in [4.78, 5) is 30.8. The normalized spacial score (nSPS) is 14.3. The summed E-state index contributed by atoms with van der Waals surface area (Å²) in [6, 6.07) is 7.95. The lowest BCUT2D eigenvalue weighted by Crippen LogP contribution is -2.42. The zero-order chi connectivity index (χ0) is 20.5. The maximum atomic E-state index is 12.8. The highest BCUT2D eigenvalue weighted by molar-refractivity contribution is 5.81. The number of methoxy groups -OCH3 is 1. The van der Waals surface area contributed by atoms with Gasteiger partial charge in [0, 0.05) is 33.2 Å². The van der Waals surface area contributed by atoms with Crippen molar-refractivity contribution >= 4 is 22.8 Å². The van der Waals surface area contributed by atoms with Gasteiger partial charge in [0.15, 0.2) is 0 Å². The summed E-state index contributed by atoms with van der Waals surface area (Å²) in [5.41, 5.74) is 1.92. The van der Waals surface area contributed by atoms with Crippen molar-refractivity contribution in [3.05, 3.63) is 30.1 Å². The van der Waals surface area contributed by atoms with E-state index in [2.05, 4.69) is 5.32 Å². The van der Waals surface area contributed by atoms with Crippen molar-refractivity contribution in [3.63, 3.8) is 0 Å². The van der Waals surface area contributed by atoms with Crippen molar-refractivity contribution in [2.45, 2.75) is 32.2 Å². The van der Waals surface area contributed by atoms with E-state index in [-0.39, 0.29) is 18.4 Å². The Morgan fingerprint density at radius 3 is 2.76 bits per heavy atom. The van der Waals surface area contributed by atoms with Gasteiger partial charge < -0.3 is 24.3 Å². The number of nitrogens with zero attached hydrogens (tertiary/aromatic N) is 3.